The van der Waals surface area contributed by atoms with Crippen molar-refractivity contribution in [3.8, 4) is 0 Å². The zero-order valence-electron chi connectivity index (χ0n) is 8.52. The van der Waals surface area contributed by atoms with Gasteiger partial charge in [-0.3, -0.25) is 4.68 Å². The minimum atomic E-state index is 0.151. The first-order valence-electron chi connectivity index (χ1n) is 5.14. The third-order valence-corrected chi connectivity index (χ3v) is 2.68. The highest BCUT2D eigenvalue weighted by Gasteiger charge is 2.23. The lowest BCUT2D eigenvalue weighted by atomic mass is 10.0. The van der Waals surface area contributed by atoms with Gasteiger partial charge < -0.3 is 10.5 Å². The molecule has 1 saturated heterocycles. The van der Waals surface area contributed by atoms with Crippen LogP contribution in [0.1, 0.15) is 31.1 Å². The van der Waals surface area contributed by atoms with E-state index in [1.807, 2.05) is 24.0 Å². The summed E-state index contributed by atoms with van der Waals surface area (Å²) in [7, 11) is 1.92. The normalized spacial score (nSPS) is 27.9. The van der Waals surface area contributed by atoms with Gasteiger partial charge in [-0.1, -0.05) is 0 Å². The summed E-state index contributed by atoms with van der Waals surface area (Å²) in [5.41, 5.74) is 6.63. The number of nitrogens with zero attached hydrogens (tertiary/aromatic N) is 2. The van der Waals surface area contributed by atoms with Crippen molar-refractivity contribution in [3.63, 3.8) is 0 Å². The minimum absolute atomic E-state index is 0.151. The molecule has 1 aromatic rings. The van der Waals surface area contributed by atoms with E-state index in [1.54, 1.807) is 0 Å². The van der Waals surface area contributed by atoms with E-state index in [9.17, 15) is 0 Å². The quantitative estimate of drug-likeness (QED) is 0.765. The van der Waals surface area contributed by atoms with Gasteiger partial charge in [0.05, 0.1) is 11.8 Å². The fourth-order valence-corrected chi connectivity index (χ4v) is 1.90. The molecule has 2 heterocycles. The average Bonchev–Trinajstić information content (AvgIpc) is 2.65. The minimum Gasteiger partial charge on any atom is -0.367 e. The molecule has 4 heteroatoms. The Balaban J connectivity index is 2.04. The second-order valence-electron chi connectivity index (χ2n) is 3.83. The van der Waals surface area contributed by atoms with Gasteiger partial charge in [-0.2, -0.15) is 5.10 Å². The summed E-state index contributed by atoms with van der Waals surface area (Å²) in [4.78, 5) is 0. The van der Waals surface area contributed by atoms with E-state index >= 15 is 0 Å². The van der Waals surface area contributed by atoms with Gasteiger partial charge in [0.15, 0.2) is 0 Å². The number of rotatable bonds is 2. The van der Waals surface area contributed by atoms with E-state index in [0.717, 1.165) is 18.5 Å². The topological polar surface area (TPSA) is 53.1 Å². The maximum absolute atomic E-state index is 5.83. The summed E-state index contributed by atoms with van der Waals surface area (Å²) < 4.78 is 7.64. The summed E-state index contributed by atoms with van der Waals surface area (Å²) in [5.74, 6) is 0. The van der Waals surface area contributed by atoms with Gasteiger partial charge in [-0.25, -0.2) is 0 Å². The SMILES string of the molecule is Cn1ccc(C2CCCC(CN)O2)n1. The highest BCUT2D eigenvalue weighted by Crippen LogP contribution is 2.29. The molecule has 0 aromatic carbocycles. The fourth-order valence-electron chi connectivity index (χ4n) is 1.90. The van der Waals surface area contributed by atoms with Crippen molar-refractivity contribution in [3.05, 3.63) is 18.0 Å². The molecule has 2 rings (SSSR count). The summed E-state index contributed by atoms with van der Waals surface area (Å²) >= 11 is 0. The van der Waals surface area contributed by atoms with Gasteiger partial charge in [0.1, 0.15) is 6.10 Å². The Labute approximate surface area is 84.0 Å². The zero-order chi connectivity index (χ0) is 9.97. The highest BCUT2D eigenvalue weighted by atomic mass is 16.5. The Bertz CT molecular complexity index is 297. The summed E-state index contributed by atoms with van der Waals surface area (Å²) in [6, 6.07) is 2.02. The van der Waals surface area contributed by atoms with Crippen LogP contribution in [0.15, 0.2) is 12.3 Å². The number of nitrogens with two attached hydrogens (primary N) is 1. The van der Waals surface area contributed by atoms with Crippen molar-refractivity contribution in [2.75, 3.05) is 6.54 Å². The number of hydrogen-bond acceptors (Lipinski definition) is 3. The molecule has 4 nitrogen and oxygen atoms in total. The molecule has 0 aliphatic carbocycles. The molecule has 2 N–H and O–H groups in total. The number of hydrogen-bond donors (Lipinski definition) is 1. The van der Waals surface area contributed by atoms with Crippen LogP contribution in [0, 0.1) is 0 Å². The predicted octanol–water partition coefficient (Wildman–Crippen LogP) is 0.989. The van der Waals surface area contributed by atoms with Crippen molar-refractivity contribution < 1.29 is 4.74 Å². The maximum atomic E-state index is 5.83. The lowest BCUT2D eigenvalue weighted by Gasteiger charge is -2.28. The molecule has 1 aliphatic rings. The molecule has 0 radical (unpaired) electrons. The van der Waals surface area contributed by atoms with Crippen molar-refractivity contribution in [1.82, 2.24) is 9.78 Å². The molecule has 78 valence electrons. The second kappa shape index (κ2) is 4.11. The lowest BCUT2D eigenvalue weighted by Crippen LogP contribution is -2.29. The van der Waals surface area contributed by atoms with E-state index in [4.69, 9.17) is 10.5 Å². The summed E-state index contributed by atoms with van der Waals surface area (Å²) in [6.07, 6.45) is 5.65. The first-order chi connectivity index (χ1) is 6.79. The summed E-state index contributed by atoms with van der Waals surface area (Å²) in [5, 5.41) is 4.35. The molecule has 0 saturated carbocycles. The first kappa shape index (κ1) is 9.68. The molecule has 14 heavy (non-hydrogen) atoms. The maximum Gasteiger partial charge on any atom is 0.102 e. The van der Waals surface area contributed by atoms with E-state index in [0.29, 0.717) is 6.54 Å². The first-order valence-corrected chi connectivity index (χ1v) is 5.14. The molecule has 2 atom stereocenters. The molecule has 2 unspecified atom stereocenters. The molecule has 0 spiro atoms. The van der Waals surface area contributed by atoms with Crippen LogP contribution in [-0.2, 0) is 11.8 Å². The van der Waals surface area contributed by atoms with Crippen LogP contribution in [0.5, 0.6) is 0 Å². The van der Waals surface area contributed by atoms with Gasteiger partial charge >= 0.3 is 0 Å². The molecule has 1 fully saturated rings. The molecule has 1 aliphatic heterocycles. The van der Waals surface area contributed by atoms with Gasteiger partial charge in [0, 0.05) is 19.8 Å². The van der Waals surface area contributed by atoms with Crippen LogP contribution in [0.25, 0.3) is 0 Å². The van der Waals surface area contributed by atoms with Gasteiger partial charge in [-0.05, 0) is 25.3 Å². The number of ether oxygens (including phenoxy) is 1. The van der Waals surface area contributed by atoms with Crippen LogP contribution >= 0.6 is 0 Å². The number of aryl methyl sites for hydroxylation is 1. The van der Waals surface area contributed by atoms with Crippen molar-refractivity contribution >= 4 is 0 Å². The predicted molar refractivity (Wildman–Crippen MR) is 53.7 cm³/mol. The molecule has 0 amide bonds. The molecular weight excluding hydrogens is 178 g/mol. The molecule has 1 aromatic heterocycles. The Morgan fingerprint density at radius 2 is 2.50 bits per heavy atom. The Kier molecular flexibility index (Phi) is 2.84. The molecular formula is C10H17N3O. The van der Waals surface area contributed by atoms with Crippen molar-refractivity contribution in [1.29, 1.82) is 0 Å². The Morgan fingerprint density at radius 3 is 3.14 bits per heavy atom. The van der Waals surface area contributed by atoms with Crippen LogP contribution in [0.2, 0.25) is 0 Å². The van der Waals surface area contributed by atoms with Crippen molar-refractivity contribution in [2.24, 2.45) is 12.8 Å². The van der Waals surface area contributed by atoms with E-state index < -0.39 is 0 Å². The number of aromatic nitrogens is 2. The third-order valence-electron chi connectivity index (χ3n) is 2.68. The molecule has 0 bridgehead atoms. The van der Waals surface area contributed by atoms with Crippen LogP contribution in [0.3, 0.4) is 0 Å². The monoisotopic (exact) mass is 195 g/mol. The van der Waals surface area contributed by atoms with Crippen LogP contribution in [0.4, 0.5) is 0 Å². The standard InChI is InChI=1S/C10H17N3O/c1-13-6-5-9(12-13)10-4-2-3-8(7-11)14-10/h5-6,8,10H,2-4,7,11H2,1H3. The summed E-state index contributed by atoms with van der Waals surface area (Å²) in [6.45, 7) is 0.614. The third kappa shape index (κ3) is 1.96. The van der Waals surface area contributed by atoms with E-state index in [-0.39, 0.29) is 12.2 Å². The average molecular weight is 195 g/mol. The fraction of sp³-hybridized carbons (Fsp3) is 0.700. The smallest absolute Gasteiger partial charge is 0.102 e. The second-order valence-corrected chi connectivity index (χ2v) is 3.83. The van der Waals surface area contributed by atoms with Crippen LogP contribution in [-0.4, -0.2) is 22.4 Å². The van der Waals surface area contributed by atoms with Gasteiger partial charge in [-0.15, -0.1) is 0 Å². The largest absolute Gasteiger partial charge is 0.367 e. The Hall–Kier alpha value is -0.870. The van der Waals surface area contributed by atoms with Crippen molar-refractivity contribution in [2.45, 2.75) is 31.5 Å². The van der Waals surface area contributed by atoms with Gasteiger partial charge in [0.2, 0.25) is 0 Å². The van der Waals surface area contributed by atoms with E-state index in [2.05, 4.69) is 5.10 Å². The van der Waals surface area contributed by atoms with Gasteiger partial charge in [0.25, 0.3) is 0 Å². The highest BCUT2D eigenvalue weighted by molar-refractivity contribution is 5.04. The zero-order valence-corrected chi connectivity index (χ0v) is 8.52. The van der Waals surface area contributed by atoms with E-state index in [1.165, 1.54) is 6.42 Å². The lowest BCUT2D eigenvalue weighted by molar-refractivity contribution is -0.0484. The van der Waals surface area contributed by atoms with Crippen LogP contribution < -0.4 is 5.73 Å². The Morgan fingerprint density at radius 1 is 1.64 bits per heavy atom.